The highest BCUT2D eigenvalue weighted by molar-refractivity contribution is 7.23. The van der Waals surface area contributed by atoms with Gasteiger partial charge in [-0.1, -0.05) is 0 Å². The second-order valence-electron chi connectivity index (χ2n) is 3.23. The number of hydrogen-bond donors (Lipinski definition) is 2. The summed E-state index contributed by atoms with van der Waals surface area (Å²) in [5.74, 6) is -0.501. The molecule has 0 radical (unpaired) electrons. The van der Waals surface area contributed by atoms with Crippen molar-refractivity contribution in [1.82, 2.24) is 0 Å². The van der Waals surface area contributed by atoms with Gasteiger partial charge >= 0.3 is 0 Å². The standard InChI is InChI=1S/2C6H6FN.H3NP2/c2*7-5-1-3-6(8)4-2-5;2-1-3/h2*1-4H,8H2;2H,3H2. The van der Waals surface area contributed by atoms with E-state index < -0.39 is 0 Å². The Labute approximate surface area is 115 Å². The molecule has 7 heteroatoms. The molecule has 0 aliphatic heterocycles. The molecule has 4 N–H and O–H groups in total. The van der Waals surface area contributed by atoms with Gasteiger partial charge in [-0.05, 0) is 67.0 Å². The third-order valence-corrected chi connectivity index (χ3v) is 1.74. The fraction of sp³-hybridized carbons (Fsp3) is 0. The van der Waals surface area contributed by atoms with Gasteiger partial charge in [0.25, 0.3) is 0 Å². The van der Waals surface area contributed by atoms with Crippen molar-refractivity contribution in [2.75, 3.05) is 11.5 Å². The number of hydrogen-bond acceptors (Lipinski definition) is 3. The quantitative estimate of drug-likeness (QED) is 0.572. The molecule has 0 saturated carbocycles. The first-order valence-corrected chi connectivity index (χ1v) is 6.04. The van der Waals surface area contributed by atoms with E-state index in [0.29, 0.717) is 11.4 Å². The normalized spacial score (nSPS) is 8.37. The van der Waals surface area contributed by atoms with Gasteiger partial charge in [-0.2, -0.15) is 0 Å². The minimum Gasteiger partial charge on any atom is -0.399 e. The van der Waals surface area contributed by atoms with Gasteiger partial charge in [0, 0.05) is 11.4 Å². The van der Waals surface area contributed by atoms with Crippen LogP contribution in [0.25, 0.3) is 0 Å². The fourth-order valence-corrected chi connectivity index (χ4v) is 0.926. The lowest BCUT2D eigenvalue weighted by Crippen LogP contribution is -1.82. The van der Waals surface area contributed by atoms with E-state index in [-0.39, 0.29) is 11.6 Å². The van der Waals surface area contributed by atoms with E-state index in [1.54, 1.807) is 0 Å². The van der Waals surface area contributed by atoms with Crippen molar-refractivity contribution >= 4 is 29.8 Å². The van der Waals surface area contributed by atoms with E-state index in [1.165, 1.54) is 48.5 Å². The number of nitrogens with zero attached hydrogens (tertiary/aromatic N) is 1. The van der Waals surface area contributed by atoms with E-state index in [0.717, 1.165) is 0 Å². The minimum atomic E-state index is -0.251. The summed E-state index contributed by atoms with van der Waals surface area (Å²) >= 11 is 0. The van der Waals surface area contributed by atoms with Gasteiger partial charge in [0.1, 0.15) is 11.6 Å². The zero-order valence-corrected chi connectivity index (χ0v) is 12.2. The van der Waals surface area contributed by atoms with Crippen LogP contribution in [0.15, 0.2) is 53.0 Å². The summed E-state index contributed by atoms with van der Waals surface area (Å²) < 4.78 is 27.3. The Hall–Kier alpha value is -1.57. The molecule has 2 rings (SSSR count). The first-order valence-electron chi connectivity index (χ1n) is 5.08. The van der Waals surface area contributed by atoms with E-state index in [1.807, 2.05) is 0 Å². The number of rotatable bonds is 0. The summed E-state index contributed by atoms with van der Waals surface area (Å²) in [6.07, 6.45) is 0. The number of anilines is 2. The molecular formula is C12H15F2N3P2. The van der Waals surface area contributed by atoms with Crippen molar-refractivity contribution in [2.45, 2.75) is 0 Å². The smallest absolute Gasteiger partial charge is 0.123 e. The molecule has 0 fully saturated rings. The maximum absolute atomic E-state index is 12.0. The summed E-state index contributed by atoms with van der Waals surface area (Å²) in [6, 6.07) is 11.4. The van der Waals surface area contributed by atoms with Crippen LogP contribution in [-0.2, 0) is 0 Å². The molecule has 2 aromatic rings. The second kappa shape index (κ2) is 10.4. The van der Waals surface area contributed by atoms with E-state index in [4.69, 9.17) is 11.5 Å². The van der Waals surface area contributed by atoms with E-state index in [2.05, 4.69) is 22.9 Å². The van der Waals surface area contributed by atoms with Gasteiger partial charge < -0.3 is 11.5 Å². The van der Waals surface area contributed by atoms with Crippen LogP contribution in [0.1, 0.15) is 0 Å². The van der Waals surface area contributed by atoms with Gasteiger partial charge in [-0.3, -0.25) is 4.52 Å². The van der Waals surface area contributed by atoms with Crippen LogP contribution in [0.3, 0.4) is 0 Å². The Bertz CT molecular complexity index is 390. The molecule has 0 bridgehead atoms. The Morgan fingerprint density at radius 2 is 1.00 bits per heavy atom. The SMILES string of the molecule is Nc1ccc(F)cc1.Nc1ccc(F)cc1.P=NP. The molecule has 3 nitrogen and oxygen atoms in total. The summed E-state index contributed by atoms with van der Waals surface area (Å²) in [6.45, 7) is 0. The third kappa shape index (κ3) is 10.1. The van der Waals surface area contributed by atoms with Crippen LogP contribution in [-0.4, -0.2) is 0 Å². The molecule has 1 atom stereocenters. The molecule has 0 saturated heterocycles. The zero-order chi connectivity index (χ0) is 14.7. The number of halogens is 2. The molecule has 1 unspecified atom stereocenters. The molecule has 0 heterocycles. The summed E-state index contributed by atoms with van der Waals surface area (Å²) in [7, 11) is 4.89. The van der Waals surface area contributed by atoms with Gasteiger partial charge in [-0.25, -0.2) is 8.78 Å². The predicted octanol–water partition coefficient (Wildman–Crippen LogP) is 3.92. The van der Waals surface area contributed by atoms with E-state index >= 15 is 0 Å². The third-order valence-electron chi connectivity index (χ3n) is 1.74. The van der Waals surface area contributed by atoms with Crippen LogP contribution in [0.2, 0.25) is 0 Å². The molecule has 0 amide bonds. The number of nitrogen functional groups attached to an aromatic ring is 2. The van der Waals surface area contributed by atoms with Gasteiger partial charge in [0.2, 0.25) is 0 Å². The number of benzene rings is 2. The summed E-state index contributed by atoms with van der Waals surface area (Å²) in [4.78, 5) is 0. The lowest BCUT2D eigenvalue weighted by atomic mass is 10.3. The van der Waals surface area contributed by atoms with Gasteiger partial charge in [0.05, 0.1) is 0 Å². The molecule has 2 aromatic carbocycles. The van der Waals surface area contributed by atoms with Crippen LogP contribution >= 0.6 is 18.4 Å². The van der Waals surface area contributed by atoms with Crippen LogP contribution in [0.4, 0.5) is 20.2 Å². The lowest BCUT2D eigenvalue weighted by molar-refractivity contribution is 0.627. The fourth-order valence-electron chi connectivity index (χ4n) is 0.926. The molecular weight excluding hydrogens is 286 g/mol. The lowest BCUT2D eigenvalue weighted by Gasteiger charge is -1.87. The first-order chi connectivity index (χ1) is 8.99. The summed E-state index contributed by atoms with van der Waals surface area (Å²) in [5, 5.41) is 0. The largest absolute Gasteiger partial charge is 0.399 e. The van der Waals surface area contributed by atoms with Crippen LogP contribution < -0.4 is 11.5 Å². The maximum atomic E-state index is 12.0. The molecule has 102 valence electrons. The maximum Gasteiger partial charge on any atom is 0.123 e. The molecule has 0 aromatic heterocycles. The first kappa shape index (κ1) is 17.4. The van der Waals surface area contributed by atoms with Crippen molar-refractivity contribution in [1.29, 1.82) is 0 Å². The van der Waals surface area contributed by atoms with Crippen molar-refractivity contribution in [3.8, 4) is 0 Å². The minimum absolute atomic E-state index is 0.251. The average Bonchev–Trinajstić information content (AvgIpc) is 2.38. The Balaban J connectivity index is 0.000000284. The molecule has 19 heavy (non-hydrogen) atoms. The van der Waals surface area contributed by atoms with Gasteiger partial charge in [-0.15, -0.1) is 0 Å². The van der Waals surface area contributed by atoms with Crippen LogP contribution in [0.5, 0.6) is 0 Å². The molecule has 0 spiro atoms. The van der Waals surface area contributed by atoms with Crippen molar-refractivity contribution < 1.29 is 8.78 Å². The molecule has 0 aliphatic carbocycles. The van der Waals surface area contributed by atoms with Crippen molar-refractivity contribution in [3.63, 3.8) is 0 Å². The highest BCUT2D eigenvalue weighted by Crippen LogP contribution is 2.02. The highest BCUT2D eigenvalue weighted by Gasteiger charge is 1.84. The monoisotopic (exact) mass is 301 g/mol. The van der Waals surface area contributed by atoms with Crippen LogP contribution in [0, 0.1) is 11.6 Å². The average molecular weight is 301 g/mol. The van der Waals surface area contributed by atoms with Crippen molar-refractivity contribution in [2.24, 2.45) is 4.52 Å². The molecule has 0 aliphatic rings. The zero-order valence-electron chi connectivity index (χ0n) is 10.1. The predicted molar refractivity (Wildman–Crippen MR) is 82.1 cm³/mol. The summed E-state index contributed by atoms with van der Waals surface area (Å²) in [5.41, 5.74) is 11.7. The highest BCUT2D eigenvalue weighted by atomic mass is 31.1. The number of nitrogens with two attached hydrogens (primary N) is 2. The Kier molecular flexibility index (Phi) is 9.51. The second-order valence-corrected chi connectivity index (χ2v) is 4.26. The van der Waals surface area contributed by atoms with Gasteiger partial charge in [0.15, 0.2) is 0 Å². The van der Waals surface area contributed by atoms with E-state index in [9.17, 15) is 8.78 Å². The topological polar surface area (TPSA) is 64.4 Å². The van der Waals surface area contributed by atoms with Crippen molar-refractivity contribution in [3.05, 3.63) is 60.2 Å². The Morgan fingerprint density at radius 3 is 1.16 bits per heavy atom. The Morgan fingerprint density at radius 1 is 0.789 bits per heavy atom.